The first-order valence-electron chi connectivity index (χ1n) is 16.4. The number of hydrogen-bond donors (Lipinski definition) is 12. The number of phenolic OH excluding ortho intramolecular Hbond substituents is 1. The largest absolute Gasteiger partial charge is 1.00 e. The Morgan fingerprint density at radius 1 is 0.569 bits per heavy atom. The second kappa shape index (κ2) is 30.1. The molecule has 3 amide bonds. The molecule has 2 rings (SSSR count). The molecule has 0 unspecified atom stereocenters. The molecule has 0 aliphatic heterocycles. The zero-order valence-corrected chi connectivity index (χ0v) is 45.7. The van der Waals surface area contributed by atoms with Crippen LogP contribution < -0.4 is 50.2 Å². The topological polar surface area (TPSA) is 313 Å². The summed E-state index contributed by atoms with van der Waals surface area (Å²) in [5, 5.41) is 91.6. The van der Waals surface area contributed by atoms with Crippen molar-refractivity contribution in [1.82, 2.24) is 16.0 Å². The number of hydrogen-bond acceptors (Lipinski definition) is 15. The molecule has 320 valence electrons. The molecule has 58 heavy (non-hydrogen) atoms. The van der Waals surface area contributed by atoms with Crippen molar-refractivity contribution >= 4 is 165 Å². The molecule has 18 nitrogen and oxygen atoms in total. The second-order valence-corrected chi connectivity index (χ2v) is 18.4. The van der Waals surface area contributed by atoms with E-state index in [-0.39, 0.29) is 110 Å². The van der Waals surface area contributed by atoms with Gasteiger partial charge >= 0.3 is 29.6 Å². The Hall–Kier alpha value is 0.850. The van der Waals surface area contributed by atoms with E-state index in [1.807, 2.05) is 90.4 Å². The van der Waals surface area contributed by atoms with E-state index < -0.39 is 80.0 Å². The molecule has 2 aromatic carbocycles. The van der Waals surface area contributed by atoms with Crippen molar-refractivity contribution < 1.29 is 104 Å². The summed E-state index contributed by atoms with van der Waals surface area (Å²) in [6, 6.07) is -1.77. The Labute approximate surface area is 437 Å². The Bertz CT molecular complexity index is 1620. The first kappa shape index (κ1) is 58.9. The van der Waals surface area contributed by atoms with E-state index in [4.69, 9.17) is 14.9 Å². The standard InChI is InChI=1S/C18H23I3N2O8.C15H18I3NO7.Na/c1-8(22-7-28)31-17-15(20)12(11(29)2-9(3-24)4-25)14(19)13(16(17)21)18(30)23-10(5-26)6-27;16-11-9(8(24)1-6(2-20)3-21)12(17)14(25)13(18)10(11)15(26)19-7(4-22)5-23;/h7-10,24-27H,2-6H2,1H3,(H,22,28)(H,23,30);6-7,20-23,25H,1-5H2,(H,19,26);/q;;+1/t8-;;/m0../s1. The number of aromatic hydroxyl groups is 1. The van der Waals surface area contributed by atoms with Crippen molar-refractivity contribution in [3.63, 3.8) is 0 Å². The van der Waals surface area contributed by atoms with Gasteiger partial charge in [-0.05, 0) is 142 Å². The van der Waals surface area contributed by atoms with Crippen molar-refractivity contribution in [2.24, 2.45) is 11.8 Å². The van der Waals surface area contributed by atoms with Crippen molar-refractivity contribution in [3.05, 3.63) is 43.7 Å². The minimum absolute atomic E-state index is 0. The summed E-state index contributed by atoms with van der Waals surface area (Å²) in [4.78, 5) is 61.9. The van der Waals surface area contributed by atoms with Crippen molar-refractivity contribution in [1.29, 1.82) is 0 Å². The fourth-order valence-corrected chi connectivity index (χ4v) is 13.3. The molecular formula is C33H41I6N3NaO15+. The van der Waals surface area contributed by atoms with Gasteiger partial charge in [-0.1, -0.05) is 0 Å². The summed E-state index contributed by atoms with van der Waals surface area (Å²) in [7, 11) is 0. The number of halogens is 6. The van der Waals surface area contributed by atoms with Crippen LogP contribution in [-0.4, -0.2) is 147 Å². The van der Waals surface area contributed by atoms with E-state index in [0.29, 0.717) is 20.7 Å². The maximum absolute atomic E-state index is 13.0. The Morgan fingerprint density at radius 2 is 0.897 bits per heavy atom. The molecule has 0 heterocycles. The summed E-state index contributed by atoms with van der Waals surface area (Å²) < 4.78 is 7.69. The van der Waals surface area contributed by atoms with E-state index >= 15 is 0 Å². The van der Waals surface area contributed by atoms with Crippen LogP contribution in [0, 0.1) is 33.3 Å². The van der Waals surface area contributed by atoms with Crippen LogP contribution in [0.2, 0.25) is 0 Å². The molecule has 2 aromatic rings. The fourth-order valence-electron chi connectivity index (χ4n) is 4.51. The van der Waals surface area contributed by atoms with E-state index in [9.17, 15) is 59.7 Å². The van der Waals surface area contributed by atoms with Gasteiger partial charge in [0.25, 0.3) is 11.8 Å². The van der Waals surface area contributed by atoms with Crippen LogP contribution in [-0.2, 0) is 4.79 Å². The number of aliphatic hydroxyl groups excluding tert-OH is 8. The molecule has 0 radical (unpaired) electrons. The van der Waals surface area contributed by atoms with Gasteiger partial charge in [-0.3, -0.25) is 24.0 Å². The van der Waals surface area contributed by atoms with Crippen LogP contribution in [0.1, 0.15) is 61.2 Å². The summed E-state index contributed by atoms with van der Waals surface area (Å²) in [5.74, 6) is -3.43. The summed E-state index contributed by atoms with van der Waals surface area (Å²) in [6.45, 7) is -1.83. The SMILES string of the molecule is C[C@@H](NC=O)Oc1c(I)c(C(=O)CC(CO)CO)c(I)c(C(=O)NC(CO)CO)c1I.O=C(CC(CO)CO)c1c(I)c(O)c(I)c(C(=O)NC(CO)CO)c1I.[Na+]. The predicted molar refractivity (Wildman–Crippen MR) is 254 cm³/mol. The fraction of sp³-hybridized carbons (Fsp3) is 0.485. The Kier molecular flexibility index (Phi) is 30.5. The zero-order chi connectivity index (χ0) is 43.7. The number of amides is 3. The van der Waals surface area contributed by atoms with Gasteiger partial charge in [-0.2, -0.15) is 0 Å². The number of ether oxygens (including phenoxy) is 1. The molecule has 0 aliphatic rings. The molecule has 0 spiro atoms. The van der Waals surface area contributed by atoms with Gasteiger partial charge in [0.15, 0.2) is 23.5 Å². The third-order valence-corrected chi connectivity index (χ3v) is 14.0. The number of carbonyl (C=O) groups excluding carboxylic acids is 5. The van der Waals surface area contributed by atoms with Gasteiger partial charge in [0.05, 0.1) is 63.9 Å². The molecule has 0 aliphatic carbocycles. The number of aliphatic hydroxyl groups is 8. The molecule has 0 saturated heterocycles. The zero-order valence-electron chi connectivity index (χ0n) is 30.8. The molecule has 25 heteroatoms. The Balaban J connectivity index is 0.00000112. The third-order valence-electron chi connectivity index (χ3n) is 7.71. The van der Waals surface area contributed by atoms with Crippen molar-refractivity contribution in [2.45, 2.75) is 38.1 Å². The van der Waals surface area contributed by atoms with Crippen molar-refractivity contribution in [2.75, 3.05) is 52.9 Å². The van der Waals surface area contributed by atoms with Crippen LogP contribution >= 0.6 is 136 Å². The predicted octanol–water partition coefficient (Wildman–Crippen LogP) is -2.31. The summed E-state index contributed by atoms with van der Waals surface area (Å²) >= 11 is 11.1. The normalized spacial score (nSPS) is 11.5. The van der Waals surface area contributed by atoms with Crippen molar-refractivity contribution in [3.8, 4) is 11.5 Å². The van der Waals surface area contributed by atoms with E-state index in [0.717, 1.165) is 0 Å². The number of phenols is 1. The number of Topliss-reactive ketones (excluding diaryl/α,β-unsaturated/α-hetero) is 2. The molecule has 0 aromatic heterocycles. The van der Waals surface area contributed by atoms with E-state index in [2.05, 4.69) is 16.0 Å². The maximum Gasteiger partial charge on any atom is 1.00 e. The van der Waals surface area contributed by atoms with Gasteiger partial charge in [-0.15, -0.1) is 0 Å². The average molecular weight is 1500 g/mol. The minimum Gasteiger partial charge on any atom is -0.506 e. The average Bonchev–Trinajstić information content (AvgIpc) is 3.18. The first-order chi connectivity index (χ1) is 26.9. The molecule has 12 N–H and O–H groups in total. The van der Waals surface area contributed by atoms with Crippen LogP contribution in [0.4, 0.5) is 0 Å². The van der Waals surface area contributed by atoms with Gasteiger partial charge in [0, 0.05) is 69.4 Å². The minimum atomic E-state index is -0.897. The molecular weight excluding hydrogens is 1460 g/mol. The smallest absolute Gasteiger partial charge is 0.506 e. The number of ketones is 2. The van der Waals surface area contributed by atoms with E-state index in [1.165, 1.54) is 0 Å². The van der Waals surface area contributed by atoms with Crippen LogP contribution in [0.25, 0.3) is 0 Å². The number of carbonyl (C=O) groups is 5. The molecule has 0 bridgehead atoms. The Morgan fingerprint density at radius 3 is 1.24 bits per heavy atom. The van der Waals surface area contributed by atoms with Gasteiger partial charge in [-0.25, -0.2) is 0 Å². The summed E-state index contributed by atoms with van der Waals surface area (Å²) in [5.41, 5.74) is 0.473. The molecule has 0 saturated carbocycles. The third kappa shape index (κ3) is 16.4. The maximum atomic E-state index is 13.0. The number of nitrogens with one attached hydrogen (secondary N) is 3. The van der Waals surface area contributed by atoms with E-state index in [1.54, 1.807) is 52.1 Å². The van der Waals surface area contributed by atoms with Gasteiger partial charge in [0.2, 0.25) is 6.41 Å². The second-order valence-electron chi connectivity index (χ2n) is 11.9. The van der Waals surface area contributed by atoms with Crippen LogP contribution in [0.3, 0.4) is 0 Å². The molecule has 1 atom stereocenters. The van der Waals surface area contributed by atoms with Crippen LogP contribution in [0.15, 0.2) is 0 Å². The first-order valence-corrected chi connectivity index (χ1v) is 22.9. The summed E-state index contributed by atoms with van der Waals surface area (Å²) in [6.07, 6.45) is -0.603. The number of rotatable bonds is 22. The van der Waals surface area contributed by atoms with Gasteiger partial charge in [0.1, 0.15) is 5.75 Å². The number of benzene rings is 2. The quantitative estimate of drug-likeness (QED) is 0.0194. The molecule has 0 fully saturated rings. The van der Waals surface area contributed by atoms with Crippen LogP contribution in [0.5, 0.6) is 11.5 Å². The van der Waals surface area contributed by atoms with Gasteiger partial charge < -0.3 is 66.6 Å². The monoisotopic (exact) mass is 1500 g/mol.